The van der Waals surface area contributed by atoms with Crippen molar-refractivity contribution >= 4 is 0 Å². The zero-order valence-electron chi connectivity index (χ0n) is 10.8. The standard InChI is InChI=1S/C10H9NO.2C2H6/c1-8-7-10(11-12-8)9-5-3-2-4-6-9;2*1-2/h2-7H,1H3;2*1-2H3. The minimum Gasteiger partial charge on any atom is -0.361 e. The molecule has 0 saturated heterocycles. The van der Waals surface area contributed by atoms with Crippen LogP contribution in [0.4, 0.5) is 0 Å². The van der Waals surface area contributed by atoms with Crippen LogP contribution in [0.3, 0.4) is 0 Å². The molecule has 0 atom stereocenters. The molecule has 16 heavy (non-hydrogen) atoms. The van der Waals surface area contributed by atoms with Crippen LogP contribution in [0.2, 0.25) is 0 Å². The van der Waals surface area contributed by atoms with E-state index >= 15 is 0 Å². The minimum absolute atomic E-state index is 0.842. The molecule has 0 N–H and O–H groups in total. The van der Waals surface area contributed by atoms with Crippen molar-refractivity contribution in [1.29, 1.82) is 0 Å². The molecule has 0 aliphatic carbocycles. The van der Waals surface area contributed by atoms with Gasteiger partial charge >= 0.3 is 0 Å². The van der Waals surface area contributed by atoms with Crippen molar-refractivity contribution in [3.63, 3.8) is 0 Å². The number of benzene rings is 1. The van der Waals surface area contributed by atoms with Gasteiger partial charge in [-0.1, -0.05) is 63.2 Å². The Morgan fingerprint density at radius 1 is 0.938 bits per heavy atom. The van der Waals surface area contributed by atoms with Crippen LogP contribution >= 0.6 is 0 Å². The van der Waals surface area contributed by atoms with Crippen LogP contribution in [-0.4, -0.2) is 5.16 Å². The summed E-state index contributed by atoms with van der Waals surface area (Å²) in [7, 11) is 0. The van der Waals surface area contributed by atoms with Crippen molar-refractivity contribution in [2.45, 2.75) is 34.6 Å². The Morgan fingerprint density at radius 3 is 1.94 bits per heavy atom. The van der Waals surface area contributed by atoms with Crippen molar-refractivity contribution in [2.24, 2.45) is 0 Å². The molecular weight excluding hydrogens is 198 g/mol. The summed E-state index contributed by atoms with van der Waals surface area (Å²) in [5.41, 5.74) is 1.99. The van der Waals surface area contributed by atoms with Crippen LogP contribution < -0.4 is 0 Å². The summed E-state index contributed by atoms with van der Waals surface area (Å²) in [6.45, 7) is 9.89. The van der Waals surface area contributed by atoms with E-state index in [1.165, 1.54) is 0 Å². The summed E-state index contributed by atoms with van der Waals surface area (Å²) >= 11 is 0. The molecule has 2 nitrogen and oxygen atoms in total. The Hall–Kier alpha value is -1.57. The predicted molar refractivity (Wildman–Crippen MR) is 69.4 cm³/mol. The third kappa shape index (κ3) is 4.30. The highest BCUT2D eigenvalue weighted by Crippen LogP contribution is 2.17. The first-order valence-corrected chi connectivity index (χ1v) is 5.85. The van der Waals surface area contributed by atoms with Crippen molar-refractivity contribution in [3.05, 3.63) is 42.2 Å². The topological polar surface area (TPSA) is 26.0 Å². The molecule has 0 unspecified atom stereocenters. The van der Waals surface area contributed by atoms with Gasteiger partial charge in [0.25, 0.3) is 0 Å². The molecule has 0 radical (unpaired) electrons. The fourth-order valence-corrected chi connectivity index (χ4v) is 1.11. The van der Waals surface area contributed by atoms with Crippen LogP contribution in [0.25, 0.3) is 11.3 Å². The van der Waals surface area contributed by atoms with Crippen LogP contribution in [0.5, 0.6) is 0 Å². The Labute approximate surface area is 98.3 Å². The van der Waals surface area contributed by atoms with E-state index in [4.69, 9.17) is 4.52 Å². The molecule has 2 rings (SSSR count). The number of nitrogens with zero attached hydrogens (tertiary/aromatic N) is 1. The van der Waals surface area contributed by atoms with Gasteiger partial charge in [0.1, 0.15) is 11.5 Å². The number of aromatic nitrogens is 1. The highest BCUT2D eigenvalue weighted by Gasteiger charge is 2.00. The number of rotatable bonds is 1. The molecular formula is C14H21NO. The van der Waals surface area contributed by atoms with E-state index in [-0.39, 0.29) is 0 Å². The normalized spacial score (nSPS) is 8.31. The van der Waals surface area contributed by atoms with E-state index in [0.29, 0.717) is 0 Å². The minimum atomic E-state index is 0.842. The SMILES string of the molecule is CC.CC.Cc1cc(-c2ccccc2)no1. The molecule has 0 amide bonds. The Morgan fingerprint density at radius 2 is 1.50 bits per heavy atom. The predicted octanol–water partition coefficient (Wildman–Crippen LogP) is 4.70. The fraction of sp³-hybridized carbons (Fsp3) is 0.357. The molecule has 1 aromatic carbocycles. The quantitative estimate of drug-likeness (QED) is 0.694. The second-order valence-electron chi connectivity index (χ2n) is 2.69. The number of hydrogen-bond acceptors (Lipinski definition) is 2. The molecule has 0 bridgehead atoms. The lowest BCUT2D eigenvalue weighted by atomic mass is 10.1. The van der Waals surface area contributed by atoms with Crippen molar-refractivity contribution in [3.8, 4) is 11.3 Å². The van der Waals surface area contributed by atoms with E-state index in [9.17, 15) is 0 Å². The van der Waals surface area contributed by atoms with E-state index in [1.807, 2.05) is 71.0 Å². The second-order valence-corrected chi connectivity index (χ2v) is 2.69. The second kappa shape index (κ2) is 8.72. The Balaban J connectivity index is 0.000000509. The maximum atomic E-state index is 4.97. The highest BCUT2D eigenvalue weighted by molar-refractivity contribution is 5.58. The zero-order valence-corrected chi connectivity index (χ0v) is 10.8. The lowest BCUT2D eigenvalue weighted by Crippen LogP contribution is -1.73. The van der Waals surface area contributed by atoms with Crippen molar-refractivity contribution in [1.82, 2.24) is 5.16 Å². The third-order valence-corrected chi connectivity index (χ3v) is 1.70. The van der Waals surface area contributed by atoms with Gasteiger partial charge in [-0.2, -0.15) is 0 Å². The summed E-state index contributed by atoms with van der Waals surface area (Å²) in [4.78, 5) is 0. The van der Waals surface area contributed by atoms with E-state index in [1.54, 1.807) is 0 Å². The van der Waals surface area contributed by atoms with Gasteiger partial charge in [-0.15, -0.1) is 0 Å². The fourth-order valence-electron chi connectivity index (χ4n) is 1.11. The van der Waals surface area contributed by atoms with E-state index in [0.717, 1.165) is 17.0 Å². The van der Waals surface area contributed by atoms with Crippen LogP contribution in [0, 0.1) is 6.92 Å². The summed E-state index contributed by atoms with van der Waals surface area (Å²) in [6, 6.07) is 11.9. The maximum absolute atomic E-state index is 4.97. The smallest absolute Gasteiger partial charge is 0.134 e. The molecule has 0 saturated carbocycles. The largest absolute Gasteiger partial charge is 0.361 e. The zero-order chi connectivity index (χ0) is 12.4. The van der Waals surface area contributed by atoms with Crippen LogP contribution in [0.1, 0.15) is 33.5 Å². The summed E-state index contributed by atoms with van der Waals surface area (Å²) < 4.78 is 4.97. The average molecular weight is 219 g/mol. The molecule has 2 heteroatoms. The maximum Gasteiger partial charge on any atom is 0.134 e. The molecule has 0 fully saturated rings. The first kappa shape index (κ1) is 14.4. The molecule has 0 aliphatic heterocycles. The average Bonchev–Trinajstić information content (AvgIpc) is 2.82. The van der Waals surface area contributed by atoms with Crippen LogP contribution in [0.15, 0.2) is 40.9 Å². The third-order valence-electron chi connectivity index (χ3n) is 1.70. The molecule has 1 aromatic heterocycles. The van der Waals surface area contributed by atoms with Crippen LogP contribution in [-0.2, 0) is 0 Å². The first-order valence-electron chi connectivity index (χ1n) is 5.85. The molecule has 1 heterocycles. The molecule has 2 aromatic rings. The van der Waals surface area contributed by atoms with Gasteiger partial charge in [0.05, 0.1) is 0 Å². The molecule has 0 spiro atoms. The lowest BCUT2D eigenvalue weighted by Gasteiger charge is -1.90. The van der Waals surface area contributed by atoms with E-state index < -0.39 is 0 Å². The van der Waals surface area contributed by atoms with Gasteiger partial charge in [0.15, 0.2) is 0 Å². The monoisotopic (exact) mass is 219 g/mol. The molecule has 0 aliphatic rings. The van der Waals surface area contributed by atoms with Gasteiger partial charge in [-0.25, -0.2) is 0 Å². The Bertz CT molecular complexity index is 365. The van der Waals surface area contributed by atoms with Gasteiger partial charge in [-0.05, 0) is 6.92 Å². The lowest BCUT2D eigenvalue weighted by molar-refractivity contribution is 0.399. The van der Waals surface area contributed by atoms with Gasteiger partial charge < -0.3 is 4.52 Å². The molecule has 88 valence electrons. The summed E-state index contributed by atoms with van der Waals surface area (Å²) in [5, 5.41) is 3.91. The Kier molecular flexibility index (Phi) is 7.86. The summed E-state index contributed by atoms with van der Waals surface area (Å²) in [5.74, 6) is 0.842. The number of aryl methyl sites for hydroxylation is 1. The number of hydrogen-bond donors (Lipinski definition) is 0. The summed E-state index contributed by atoms with van der Waals surface area (Å²) in [6.07, 6.45) is 0. The van der Waals surface area contributed by atoms with Crippen molar-refractivity contribution < 1.29 is 4.52 Å². The van der Waals surface area contributed by atoms with E-state index in [2.05, 4.69) is 5.16 Å². The first-order chi connectivity index (χ1) is 7.86. The highest BCUT2D eigenvalue weighted by atomic mass is 16.5. The van der Waals surface area contributed by atoms with Gasteiger partial charge in [0.2, 0.25) is 0 Å². The van der Waals surface area contributed by atoms with Gasteiger partial charge in [0, 0.05) is 11.6 Å². The van der Waals surface area contributed by atoms with Gasteiger partial charge in [-0.3, -0.25) is 0 Å². The van der Waals surface area contributed by atoms with Crippen molar-refractivity contribution in [2.75, 3.05) is 0 Å².